The highest BCUT2D eigenvalue weighted by molar-refractivity contribution is 4.77. The Bertz CT molecular complexity index is 301. The zero-order valence-corrected chi connectivity index (χ0v) is 11.4. The van der Waals surface area contributed by atoms with Gasteiger partial charge < -0.3 is 14.7 Å². The first-order valence-electron chi connectivity index (χ1n) is 6.34. The Labute approximate surface area is 118 Å². The van der Waals surface area contributed by atoms with Gasteiger partial charge in [-0.25, -0.2) is 0 Å². The molecule has 4 nitrogen and oxygen atoms in total. The average Bonchev–Trinajstić information content (AvgIpc) is 2.28. The minimum Gasteiger partial charge on any atom is -0.389 e. The maximum Gasteiger partial charge on any atom is 0.423 e. The lowest BCUT2D eigenvalue weighted by Gasteiger charge is -2.33. The number of aliphatic hydroxyl groups excluding tert-OH is 1. The maximum atomic E-state index is 12.2. The Morgan fingerprint density at radius 2 is 1.48 bits per heavy atom. The monoisotopic (exact) mass is 324 g/mol. The second-order valence-corrected chi connectivity index (χ2v) is 5.05. The van der Waals surface area contributed by atoms with Gasteiger partial charge in [-0.3, -0.25) is 4.90 Å². The van der Waals surface area contributed by atoms with Gasteiger partial charge in [0.15, 0.2) is 0 Å². The van der Waals surface area contributed by atoms with Crippen LogP contribution >= 0.6 is 0 Å². The van der Waals surface area contributed by atoms with Crippen LogP contribution in [0.3, 0.4) is 0 Å². The molecule has 0 aromatic carbocycles. The normalized spacial score (nSPS) is 21.0. The number of halogens is 6. The molecular formula is C11H18F6N2O2. The fraction of sp³-hybridized carbons (Fsp3) is 1.00. The minimum atomic E-state index is -5.55. The van der Waals surface area contributed by atoms with Crippen LogP contribution in [0.4, 0.5) is 26.3 Å². The van der Waals surface area contributed by atoms with Gasteiger partial charge in [0.25, 0.3) is 0 Å². The van der Waals surface area contributed by atoms with Gasteiger partial charge in [0.2, 0.25) is 6.10 Å². The van der Waals surface area contributed by atoms with Gasteiger partial charge in [-0.05, 0) is 7.05 Å². The van der Waals surface area contributed by atoms with Crippen LogP contribution in [-0.2, 0) is 4.74 Å². The van der Waals surface area contributed by atoms with E-state index in [1.165, 1.54) is 0 Å². The van der Waals surface area contributed by atoms with Crippen LogP contribution in [0, 0.1) is 0 Å². The molecule has 126 valence electrons. The Morgan fingerprint density at radius 3 is 1.90 bits per heavy atom. The summed E-state index contributed by atoms with van der Waals surface area (Å²) >= 11 is 0. The molecule has 0 aromatic rings. The van der Waals surface area contributed by atoms with E-state index in [2.05, 4.69) is 4.74 Å². The van der Waals surface area contributed by atoms with Gasteiger partial charge in [-0.1, -0.05) is 0 Å². The topological polar surface area (TPSA) is 35.9 Å². The molecule has 1 heterocycles. The first-order chi connectivity index (χ1) is 9.50. The number of aliphatic hydroxyl groups is 1. The van der Waals surface area contributed by atoms with E-state index in [9.17, 15) is 31.4 Å². The highest BCUT2D eigenvalue weighted by atomic mass is 19.4. The lowest BCUT2D eigenvalue weighted by atomic mass is 10.2. The Kier molecular flexibility index (Phi) is 6.26. The molecule has 0 saturated carbocycles. The van der Waals surface area contributed by atoms with Crippen molar-refractivity contribution in [1.82, 2.24) is 9.80 Å². The number of piperazine rings is 1. The van der Waals surface area contributed by atoms with Crippen molar-refractivity contribution < 1.29 is 36.2 Å². The number of ether oxygens (including phenoxy) is 1. The summed E-state index contributed by atoms with van der Waals surface area (Å²) in [6.07, 6.45) is -16.4. The number of likely N-dealkylation sites (N-methyl/N-ethyl adjacent to an activating group) is 1. The zero-order chi connectivity index (χ0) is 16.3. The molecule has 1 saturated heterocycles. The highest BCUT2D eigenvalue weighted by Gasteiger charge is 2.58. The summed E-state index contributed by atoms with van der Waals surface area (Å²) in [5, 5.41) is 9.53. The number of β-amino-alcohol motifs (C(OH)–C–C–N with tert-alkyl or cyclic N) is 1. The predicted molar refractivity (Wildman–Crippen MR) is 61.8 cm³/mol. The van der Waals surface area contributed by atoms with Gasteiger partial charge in [0.1, 0.15) is 0 Å². The molecule has 1 atom stereocenters. The third kappa shape index (κ3) is 6.37. The summed E-state index contributed by atoms with van der Waals surface area (Å²) in [5.41, 5.74) is 0. The van der Waals surface area contributed by atoms with Crippen molar-refractivity contribution in [2.75, 3.05) is 46.4 Å². The molecule has 0 aromatic heterocycles. The average molecular weight is 324 g/mol. The smallest absolute Gasteiger partial charge is 0.389 e. The third-order valence-corrected chi connectivity index (χ3v) is 3.11. The minimum absolute atomic E-state index is 0.0176. The van der Waals surface area contributed by atoms with E-state index in [-0.39, 0.29) is 6.54 Å². The quantitative estimate of drug-likeness (QED) is 0.769. The van der Waals surface area contributed by atoms with E-state index in [0.29, 0.717) is 13.1 Å². The van der Waals surface area contributed by atoms with Crippen LogP contribution in [-0.4, -0.2) is 85.8 Å². The van der Waals surface area contributed by atoms with Crippen molar-refractivity contribution in [2.45, 2.75) is 24.6 Å². The van der Waals surface area contributed by atoms with E-state index >= 15 is 0 Å². The molecule has 1 rings (SSSR count). The zero-order valence-electron chi connectivity index (χ0n) is 11.4. The van der Waals surface area contributed by atoms with Gasteiger partial charge in [0.05, 0.1) is 12.7 Å². The third-order valence-electron chi connectivity index (χ3n) is 3.11. The summed E-state index contributed by atoms with van der Waals surface area (Å²) in [6, 6.07) is 0. The SMILES string of the molecule is CN1CCN(C[C@@H](O)COC(C(F)(F)F)C(F)(F)F)CC1. The molecular weight excluding hydrogens is 306 g/mol. The van der Waals surface area contributed by atoms with Gasteiger partial charge >= 0.3 is 12.4 Å². The van der Waals surface area contributed by atoms with Crippen LogP contribution in [0.25, 0.3) is 0 Å². The van der Waals surface area contributed by atoms with E-state index in [1.807, 2.05) is 11.9 Å². The van der Waals surface area contributed by atoms with Crippen molar-refractivity contribution in [2.24, 2.45) is 0 Å². The number of hydrogen-bond acceptors (Lipinski definition) is 4. The first-order valence-corrected chi connectivity index (χ1v) is 6.34. The van der Waals surface area contributed by atoms with Crippen LogP contribution < -0.4 is 0 Å². The summed E-state index contributed by atoms with van der Waals surface area (Å²) < 4.78 is 77.2. The van der Waals surface area contributed by atoms with Crippen LogP contribution in [0.15, 0.2) is 0 Å². The Morgan fingerprint density at radius 1 is 1.00 bits per heavy atom. The van der Waals surface area contributed by atoms with E-state index in [1.54, 1.807) is 4.90 Å². The molecule has 0 spiro atoms. The highest BCUT2D eigenvalue weighted by Crippen LogP contribution is 2.35. The van der Waals surface area contributed by atoms with Crippen LogP contribution in [0.5, 0.6) is 0 Å². The van der Waals surface area contributed by atoms with Gasteiger partial charge in [0, 0.05) is 32.7 Å². The van der Waals surface area contributed by atoms with E-state index in [0.717, 1.165) is 13.1 Å². The molecule has 0 radical (unpaired) electrons. The van der Waals surface area contributed by atoms with Gasteiger partial charge in [-0.15, -0.1) is 0 Å². The molecule has 21 heavy (non-hydrogen) atoms. The molecule has 0 unspecified atom stereocenters. The predicted octanol–water partition coefficient (Wildman–Crippen LogP) is 1.10. The molecule has 0 aliphatic carbocycles. The second kappa shape index (κ2) is 7.12. The fourth-order valence-corrected chi connectivity index (χ4v) is 1.96. The number of hydrogen-bond donors (Lipinski definition) is 1. The lowest BCUT2D eigenvalue weighted by molar-refractivity contribution is -0.324. The second-order valence-electron chi connectivity index (χ2n) is 5.05. The molecule has 1 N–H and O–H groups in total. The molecule has 0 amide bonds. The summed E-state index contributed by atoms with van der Waals surface area (Å²) in [6.45, 7) is 1.60. The van der Waals surface area contributed by atoms with Crippen molar-refractivity contribution in [1.29, 1.82) is 0 Å². The fourth-order valence-electron chi connectivity index (χ4n) is 1.96. The molecule has 10 heteroatoms. The number of alkyl halides is 6. The van der Waals surface area contributed by atoms with Crippen molar-refractivity contribution >= 4 is 0 Å². The van der Waals surface area contributed by atoms with Crippen molar-refractivity contribution in [3.8, 4) is 0 Å². The summed E-state index contributed by atoms with van der Waals surface area (Å²) in [4.78, 5) is 3.80. The molecule has 0 bridgehead atoms. The van der Waals surface area contributed by atoms with Crippen molar-refractivity contribution in [3.63, 3.8) is 0 Å². The van der Waals surface area contributed by atoms with Crippen LogP contribution in [0.2, 0.25) is 0 Å². The van der Waals surface area contributed by atoms with E-state index in [4.69, 9.17) is 0 Å². The van der Waals surface area contributed by atoms with Crippen LogP contribution in [0.1, 0.15) is 0 Å². The number of rotatable bonds is 5. The summed E-state index contributed by atoms with van der Waals surface area (Å²) in [5.74, 6) is 0. The largest absolute Gasteiger partial charge is 0.423 e. The maximum absolute atomic E-state index is 12.2. The number of nitrogens with zero attached hydrogens (tertiary/aromatic N) is 2. The first kappa shape index (κ1) is 18.5. The van der Waals surface area contributed by atoms with Crippen molar-refractivity contribution in [3.05, 3.63) is 0 Å². The summed E-state index contributed by atoms with van der Waals surface area (Å²) in [7, 11) is 1.90. The Hall–Kier alpha value is -0.580. The lowest BCUT2D eigenvalue weighted by Crippen LogP contribution is -2.49. The van der Waals surface area contributed by atoms with E-state index < -0.39 is 31.2 Å². The molecule has 1 aliphatic rings. The molecule has 1 fully saturated rings. The van der Waals surface area contributed by atoms with Gasteiger partial charge in [-0.2, -0.15) is 26.3 Å². The molecule has 1 aliphatic heterocycles. The standard InChI is InChI=1S/C11H18F6N2O2/c1-18-2-4-19(5-3-18)6-8(20)7-21-9(10(12,13)14)11(15,16)17/h8-9,20H,2-7H2,1H3/t8-/m1/s1. The Balaban J connectivity index is 2.41.